The molecule has 0 amide bonds. The summed E-state index contributed by atoms with van der Waals surface area (Å²) in [6.07, 6.45) is 5.02. The average molecular weight is 701 g/mol. The molecule has 1 aromatic heterocycles. The predicted octanol–water partition coefficient (Wildman–Crippen LogP) is 7.50. The van der Waals surface area contributed by atoms with Gasteiger partial charge in [-0.05, 0) is 60.4 Å². The average Bonchev–Trinajstić information content (AvgIpc) is 3.62. The normalized spacial score (nSPS) is 17.5. The van der Waals surface area contributed by atoms with E-state index in [0.29, 0.717) is 35.6 Å². The predicted molar refractivity (Wildman–Crippen MR) is 150 cm³/mol. The molecule has 39 heavy (non-hydrogen) atoms. The minimum Gasteiger partial charge on any atom is -0.518 e. The molecule has 0 unspecified atom stereocenters. The molecule has 6 heteroatoms. The number of phenols is 1. The molecule has 0 saturated heterocycles. The van der Waals surface area contributed by atoms with Gasteiger partial charge in [0.2, 0.25) is 5.88 Å². The van der Waals surface area contributed by atoms with E-state index in [0.717, 1.165) is 22.1 Å². The van der Waals surface area contributed by atoms with E-state index in [4.69, 9.17) is 14.5 Å². The van der Waals surface area contributed by atoms with Gasteiger partial charge in [-0.1, -0.05) is 74.7 Å². The van der Waals surface area contributed by atoms with Crippen molar-refractivity contribution in [1.82, 2.24) is 4.98 Å². The smallest absolute Gasteiger partial charge is 0.217 e. The van der Waals surface area contributed by atoms with Gasteiger partial charge in [-0.15, -0.1) is 11.6 Å². The van der Waals surface area contributed by atoms with Crippen LogP contribution in [0.25, 0.3) is 10.9 Å². The molecule has 1 atom stereocenters. The minimum atomic E-state index is -0.292. The van der Waals surface area contributed by atoms with Crippen LogP contribution in [0.15, 0.2) is 71.7 Å². The molecule has 2 aliphatic rings. The number of hydrogen-bond acceptors (Lipinski definition) is 5. The number of benzene rings is 3. The molecule has 5 nitrogen and oxygen atoms in total. The van der Waals surface area contributed by atoms with Crippen molar-refractivity contribution in [2.24, 2.45) is 10.9 Å². The van der Waals surface area contributed by atoms with Crippen molar-refractivity contribution in [1.29, 1.82) is 0 Å². The van der Waals surface area contributed by atoms with E-state index in [1.807, 2.05) is 37.3 Å². The Hall–Kier alpha value is -3.17. The first-order valence-corrected chi connectivity index (χ1v) is 13.5. The fourth-order valence-electron chi connectivity index (χ4n) is 5.73. The van der Waals surface area contributed by atoms with Crippen molar-refractivity contribution in [3.63, 3.8) is 0 Å². The van der Waals surface area contributed by atoms with Crippen molar-refractivity contribution in [3.8, 4) is 17.4 Å². The number of aromatic nitrogens is 1. The summed E-state index contributed by atoms with van der Waals surface area (Å²) in [7, 11) is 0. The van der Waals surface area contributed by atoms with E-state index in [-0.39, 0.29) is 38.3 Å². The van der Waals surface area contributed by atoms with Crippen LogP contribution in [0.5, 0.6) is 17.4 Å². The van der Waals surface area contributed by atoms with Crippen LogP contribution < -0.4 is 4.74 Å². The van der Waals surface area contributed by atoms with Gasteiger partial charge >= 0.3 is 0 Å². The topological polar surface area (TPSA) is 63.9 Å². The molecular formula is C33H33N2O3Pt-. The summed E-state index contributed by atoms with van der Waals surface area (Å²) < 4.78 is 12.4. The van der Waals surface area contributed by atoms with E-state index >= 15 is 0 Å². The summed E-state index contributed by atoms with van der Waals surface area (Å²) in [5.74, 6) is 2.31. The van der Waals surface area contributed by atoms with E-state index in [1.165, 1.54) is 31.2 Å². The van der Waals surface area contributed by atoms with Crippen molar-refractivity contribution in [2.75, 3.05) is 6.61 Å². The maximum absolute atomic E-state index is 10.5. The maximum Gasteiger partial charge on any atom is 0.217 e. The van der Waals surface area contributed by atoms with Crippen LogP contribution in [0, 0.1) is 18.9 Å². The summed E-state index contributed by atoms with van der Waals surface area (Å²) >= 11 is 0. The molecule has 1 saturated carbocycles. The third-order valence-corrected chi connectivity index (χ3v) is 8.02. The zero-order valence-corrected chi connectivity index (χ0v) is 24.8. The van der Waals surface area contributed by atoms with Gasteiger partial charge in [0.15, 0.2) is 0 Å². The Bertz CT molecular complexity index is 1510. The van der Waals surface area contributed by atoms with Crippen LogP contribution in [-0.2, 0) is 31.2 Å². The molecule has 0 radical (unpaired) electrons. The monoisotopic (exact) mass is 700 g/mol. The summed E-state index contributed by atoms with van der Waals surface area (Å²) in [4.78, 5) is 9.60. The number of aromatic hydroxyl groups is 1. The Labute approximate surface area is 244 Å². The minimum absolute atomic E-state index is 0. The van der Waals surface area contributed by atoms with Gasteiger partial charge in [0.25, 0.3) is 0 Å². The van der Waals surface area contributed by atoms with E-state index < -0.39 is 0 Å². The second-order valence-electron chi connectivity index (χ2n) is 11.1. The molecule has 1 aliphatic carbocycles. The molecule has 0 bridgehead atoms. The second kappa shape index (κ2) is 11.1. The Balaban J connectivity index is 0.00000308. The van der Waals surface area contributed by atoms with Gasteiger partial charge < -0.3 is 14.6 Å². The molecule has 1 N–H and O–H groups in total. The fourth-order valence-corrected chi connectivity index (χ4v) is 5.73. The summed E-state index contributed by atoms with van der Waals surface area (Å²) in [6, 6.07) is 25.6. The Morgan fingerprint density at radius 2 is 1.74 bits per heavy atom. The second-order valence-corrected chi connectivity index (χ2v) is 11.1. The number of pyridine rings is 1. The third kappa shape index (κ3) is 5.61. The summed E-state index contributed by atoms with van der Waals surface area (Å²) in [5, 5.41) is 11.3. The first-order valence-electron chi connectivity index (χ1n) is 13.5. The summed E-state index contributed by atoms with van der Waals surface area (Å²) in [6.45, 7) is 6.99. The van der Waals surface area contributed by atoms with Crippen molar-refractivity contribution < 1.29 is 35.6 Å². The zero-order valence-electron chi connectivity index (χ0n) is 22.5. The largest absolute Gasteiger partial charge is 0.518 e. The van der Waals surface area contributed by atoms with Gasteiger partial charge in [0, 0.05) is 38.3 Å². The number of nitrogens with zero attached hydrogens (tertiary/aromatic N) is 2. The van der Waals surface area contributed by atoms with E-state index in [9.17, 15) is 5.11 Å². The van der Waals surface area contributed by atoms with Gasteiger partial charge in [-0.25, -0.2) is 4.98 Å². The standard InChI is InChI=1S/C33H33N2O3.Pt/c1-21-15-23-13-14-30(35-31(23)29(36)16-21)38-27-18-24(32-34-28(20-37-32)22-9-7-8-10-22)17-26(19-27)33(2,3)25-11-5-4-6-12-25;/h4-6,11-17,19,22,28,36H,7-10,20H2,1-3H3;/q-1;/t28-;/m1./s1. The molecule has 1 fully saturated rings. The van der Waals surface area contributed by atoms with Crippen LogP contribution in [-0.4, -0.2) is 28.6 Å². The van der Waals surface area contributed by atoms with E-state index in [1.54, 1.807) is 6.07 Å². The quantitative estimate of drug-likeness (QED) is 0.212. The Morgan fingerprint density at radius 1 is 0.974 bits per heavy atom. The van der Waals surface area contributed by atoms with E-state index in [2.05, 4.69) is 55.2 Å². The molecule has 0 spiro atoms. The zero-order chi connectivity index (χ0) is 26.3. The molecule has 204 valence electrons. The van der Waals surface area contributed by atoms with Gasteiger partial charge in [0.1, 0.15) is 17.2 Å². The maximum atomic E-state index is 10.5. The summed E-state index contributed by atoms with van der Waals surface area (Å²) in [5.41, 5.74) is 4.26. The number of aryl methyl sites for hydroxylation is 1. The first-order chi connectivity index (χ1) is 18.4. The van der Waals surface area contributed by atoms with Crippen molar-refractivity contribution in [2.45, 2.75) is 57.9 Å². The third-order valence-electron chi connectivity index (χ3n) is 8.02. The number of phenolic OH excluding ortho intramolecular Hbond substituents is 1. The molecule has 6 rings (SSSR count). The molecular weight excluding hydrogens is 667 g/mol. The first kappa shape index (κ1) is 27.4. The Kier molecular flexibility index (Phi) is 7.82. The Morgan fingerprint density at radius 3 is 2.51 bits per heavy atom. The molecule has 2 heterocycles. The van der Waals surface area contributed by atoms with Gasteiger partial charge in [-0.3, -0.25) is 4.99 Å². The van der Waals surface area contributed by atoms with Crippen LogP contribution in [0.3, 0.4) is 0 Å². The van der Waals surface area contributed by atoms with Crippen molar-refractivity contribution >= 4 is 16.8 Å². The van der Waals surface area contributed by atoms with Crippen LogP contribution >= 0.6 is 0 Å². The van der Waals surface area contributed by atoms with Crippen LogP contribution in [0.1, 0.15) is 61.8 Å². The van der Waals surface area contributed by atoms with Crippen molar-refractivity contribution in [3.05, 3.63) is 95.1 Å². The fraction of sp³-hybridized carbons (Fsp3) is 0.333. The van der Waals surface area contributed by atoms with Gasteiger partial charge in [-0.2, -0.15) is 0 Å². The molecule has 4 aromatic rings. The number of hydrogen-bond donors (Lipinski definition) is 1. The SMILES string of the molecule is Cc1cc(O)c2nc(Oc3[c-]c(C4=N[C@@H](C5CCCC5)CO4)cc(C(C)(C)c4ccccc4)c3)ccc2c1.[Pt]. The van der Waals surface area contributed by atoms with Crippen LogP contribution in [0.2, 0.25) is 0 Å². The number of fused-ring (bicyclic) bond motifs is 1. The number of rotatable bonds is 6. The molecule has 1 aliphatic heterocycles. The van der Waals surface area contributed by atoms with Gasteiger partial charge in [0.05, 0.1) is 12.6 Å². The van der Waals surface area contributed by atoms with Crippen LogP contribution in [0.4, 0.5) is 0 Å². The number of ether oxygens (including phenoxy) is 2. The number of aliphatic imine (C=N–C) groups is 1. The molecule has 3 aromatic carbocycles.